The summed E-state index contributed by atoms with van der Waals surface area (Å²) in [5.41, 5.74) is 0.903. The fourth-order valence-corrected chi connectivity index (χ4v) is 2.79. The van der Waals surface area contributed by atoms with E-state index in [-0.39, 0.29) is 0 Å². The number of hydrogen-bond acceptors (Lipinski definition) is 4. The van der Waals surface area contributed by atoms with E-state index in [0.29, 0.717) is 10.3 Å². The molecular weight excluding hydrogens is 271 g/mol. The van der Waals surface area contributed by atoms with E-state index < -0.39 is 0 Å². The van der Waals surface area contributed by atoms with Crippen molar-refractivity contribution in [3.8, 4) is 0 Å². The number of hydrogen-bond donors (Lipinski definition) is 0. The number of piperidine rings is 1. The molecule has 1 saturated heterocycles. The van der Waals surface area contributed by atoms with E-state index in [9.17, 15) is 0 Å². The maximum absolute atomic E-state index is 6.07. The molecule has 1 aromatic heterocycles. The molecule has 1 aliphatic heterocycles. The van der Waals surface area contributed by atoms with Crippen molar-refractivity contribution >= 4 is 28.9 Å². The molecule has 2 heterocycles. The Hall–Kier alpha value is -0.580. The first-order valence-corrected chi connectivity index (χ1v) is 6.90. The van der Waals surface area contributed by atoms with Crippen LogP contribution in [0.15, 0.2) is 6.07 Å². The van der Waals surface area contributed by atoms with Crippen molar-refractivity contribution in [2.75, 3.05) is 38.6 Å². The number of aromatic nitrogens is 2. The summed E-state index contributed by atoms with van der Waals surface area (Å²) in [4.78, 5) is 4.49. The second-order valence-electron chi connectivity index (χ2n) is 5.04. The highest BCUT2D eigenvalue weighted by molar-refractivity contribution is 6.33. The van der Waals surface area contributed by atoms with E-state index in [0.717, 1.165) is 31.2 Å². The van der Waals surface area contributed by atoms with Crippen LogP contribution in [0.4, 0.5) is 5.69 Å². The highest BCUT2D eigenvalue weighted by Crippen LogP contribution is 2.29. The Morgan fingerprint density at radius 3 is 2.56 bits per heavy atom. The molecule has 2 rings (SSSR count). The lowest BCUT2D eigenvalue weighted by Gasteiger charge is -2.34. The van der Waals surface area contributed by atoms with Crippen LogP contribution in [0.3, 0.4) is 0 Å². The van der Waals surface area contributed by atoms with Gasteiger partial charge in [-0.3, -0.25) is 0 Å². The van der Waals surface area contributed by atoms with Crippen LogP contribution in [0, 0.1) is 5.92 Å². The summed E-state index contributed by atoms with van der Waals surface area (Å²) >= 11 is 11.9. The van der Waals surface area contributed by atoms with Gasteiger partial charge < -0.3 is 9.80 Å². The lowest BCUT2D eigenvalue weighted by Crippen LogP contribution is -2.37. The van der Waals surface area contributed by atoms with Gasteiger partial charge in [0.25, 0.3) is 0 Å². The third-order valence-electron chi connectivity index (χ3n) is 3.28. The molecule has 0 unspecified atom stereocenters. The maximum Gasteiger partial charge on any atom is 0.175 e. The van der Waals surface area contributed by atoms with E-state index in [2.05, 4.69) is 34.1 Å². The smallest absolute Gasteiger partial charge is 0.175 e. The molecule has 0 radical (unpaired) electrons. The van der Waals surface area contributed by atoms with Crippen molar-refractivity contribution in [2.24, 2.45) is 5.92 Å². The van der Waals surface area contributed by atoms with Gasteiger partial charge in [0.2, 0.25) is 0 Å². The van der Waals surface area contributed by atoms with Crippen LogP contribution in [-0.4, -0.2) is 48.8 Å². The van der Waals surface area contributed by atoms with Crippen LogP contribution in [0.5, 0.6) is 0 Å². The van der Waals surface area contributed by atoms with Crippen molar-refractivity contribution in [1.82, 2.24) is 15.1 Å². The minimum atomic E-state index is 0.393. The molecule has 0 saturated carbocycles. The van der Waals surface area contributed by atoms with E-state index in [1.165, 1.54) is 12.8 Å². The Morgan fingerprint density at radius 1 is 1.28 bits per heavy atom. The van der Waals surface area contributed by atoms with Crippen molar-refractivity contribution in [3.63, 3.8) is 0 Å². The number of nitrogens with zero attached hydrogens (tertiary/aromatic N) is 4. The van der Waals surface area contributed by atoms with E-state index >= 15 is 0 Å². The van der Waals surface area contributed by atoms with Crippen LogP contribution in [0.2, 0.25) is 10.3 Å². The third kappa shape index (κ3) is 3.46. The second kappa shape index (κ2) is 6.04. The molecule has 0 aromatic carbocycles. The topological polar surface area (TPSA) is 32.3 Å². The summed E-state index contributed by atoms with van der Waals surface area (Å²) in [7, 11) is 4.24. The predicted octanol–water partition coefficient (Wildman–Crippen LogP) is 2.56. The molecule has 4 nitrogen and oxygen atoms in total. The minimum Gasteiger partial charge on any atom is -0.369 e. The Balaban J connectivity index is 1.99. The summed E-state index contributed by atoms with van der Waals surface area (Å²) in [5, 5.41) is 8.42. The van der Waals surface area contributed by atoms with Crippen LogP contribution < -0.4 is 4.90 Å². The zero-order valence-electron chi connectivity index (χ0n) is 10.7. The average molecular weight is 289 g/mol. The molecular formula is C12H18Cl2N4. The Kier molecular flexibility index (Phi) is 4.65. The Labute approximate surface area is 118 Å². The molecule has 0 amide bonds. The van der Waals surface area contributed by atoms with Gasteiger partial charge in [0.05, 0.1) is 5.69 Å². The van der Waals surface area contributed by atoms with Gasteiger partial charge in [-0.1, -0.05) is 23.2 Å². The third-order valence-corrected chi connectivity index (χ3v) is 3.73. The van der Waals surface area contributed by atoms with E-state index in [1.807, 2.05) is 0 Å². The number of halogens is 2. The van der Waals surface area contributed by atoms with Crippen molar-refractivity contribution in [1.29, 1.82) is 0 Å². The maximum atomic E-state index is 6.07. The SMILES string of the molecule is CN(C)CC1CCN(c2cc(Cl)nnc2Cl)CC1. The standard InChI is InChI=1S/C12H18Cl2N4/c1-17(2)8-9-3-5-18(6-4-9)10-7-11(13)15-16-12(10)14/h7,9H,3-6,8H2,1-2H3. The Bertz CT molecular complexity index is 403. The number of rotatable bonds is 3. The first-order valence-electron chi connectivity index (χ1n) is 6.14. The fourth-order valence-electron chi connectivity index (χ4n) is 2.44. The molecule has 0 bridgehead atoms. The summed E-state index contributed by atoms with van der Waals surface area (Å²) in [6.07, 6.45) is 2.35. The predicted molar refractivity (Wildman–Crippen MR) is 75.5 cm³/mol. The van der Waals surface area contributed by atoms with Crippen molar-refractivity contribution < 1.29 is 0 Å². The normalized spacial score (nSPS) is 17.5. The molecule has 0 aliphatic carbocycles. The largest absolute Gasteiger partial charge is 0.369 e. The summed E-state index contributed by atoms with van der Waals surface area (Å²) in [6.45, 7) is 3.15. The molecule has 6 heteroatoms. The molecule has 1 aliphatic rings. The van der Waals surface area contributed by atoms with Crippen LogP contribution >= 0.6 is 23.2 Å². The monoisotopic (exact) mass is 288 g/mol. The van der Waals surface area contributed by atoms with Gasteiger partial charge >= 0.3 is 0 Å². The molecule has 0 N–H and O–H groups in total. The first-order chi connectivity index (χ1) is 8.56. The highest BCUT2D eigenvalue weighted by atomic mass is 35.5. The first kappa shape index (κ1) is 13.8. The average Bonchev–Trinajstić information content (AvgIpc) is 2.33. The molecule has 0 atom stereocenters. The highest BCUT2D eigenvalue weighted by Gasteiger charge is 2.22. The molecule has 1 fully saturated rings. The van der Waals surface area contributed by atoms with Crippen LogP contribution in [0.1, 0.15) is 12.8 Å². The molecule has 1 aromatic rings. The summed E-state index contributed by atoms with van der Waals surface area (Å²) in [5.74, 6) is 0.764. The van der Waals surface area contributed by atoms with E-state index in [1.54, 1.807) is 6.07 Å². The van der Waals surface area contributed by atoms with Gasteiger partial charge in [-0.2, -0.15) is 0 Å². The van der Waals surface area contributed by atoms with Gasteiger partial charge in [-0.05, 0) is 32.9 Å². The molecule has 18 heavy (non-hydrogen) atoms. The van der Waals surface area contributed by atoms with Gasteiger partial charge in [-0.15, -0.1) is 10.2 Å². The van der Waals surface area contributed by atoms with E-state index in [4.69, 9.17) is 23.2 Å². The van der Waals surface area contributed by atoms with Gasteiger partial charge in [0.1, 0.15) is 0 Å². The van der Waals surface area contributed by atoms with Crippen LogP contribution in [-0.2, 0) is 0 Å². The lowest BCUT2D eigenvalue weighted by atomic mass is 9.96. The van der Waals surface area contributed by atoms with Crippen LogP contribution in [0.25, 0.3) is 0 Å². The molecule has 0 spiro atoms. The minimum absolute atomic E-state index is 0.393. The van der Waals surface area contributed by atoms with Gasteiger partial charge in [-0.25, -0.2) is 0 Å². The lowest BCUT2D eigenvalue weighted by molar-refractivity contribution is 0.285. The summed E-state index contributed by atoms with van der Waals surface area (Å²) < 4.78 is 0. The number of anilines is 1. The zero-order valence-corrected chi connectivity index (χ0v) is 12.2. The summed E-state index contributed by atoms with van der Waals surface area (Å²) in [6, 6.07) is 1.79. The van der Waals surface area contributed by atoms with Crippen molar-refractivity contribution in [2.45, 2.75) is 12.8 Å². The fraction of sp³-hybridized carbons (Fsp3) is 0.667. The quantitative estimate of drug-likeness (QED) is 0.856. The zero-order chi connectivity index (χ0) is 13.1. The Morgan fingerprint density at radius 2 is 1.94 bits per heavy atom. The second-order valence-corrected chi connectivity index (χ2v) is 5.78. The van der Waals surface area contributed by atoms with Gasteiger partial charge in [0, 0.05) is 25.7 Å². The van der Waals surface area contributed by atoms with Gasteiger partial charge in [0.15, 0.2) is 10.3 Å². The molecule has 100 valence electrons. The van der Waals surface area contributed by atoms with Crippen molar-refractivity contribution in [3.05, 3.63) is 16.4 Å².